The van der Waals surface area contributed by atoms with E-state index in [0.29, 0.717) is 13.0 Å². The van der Waals surface area contributed by atoms with E-state index >= 15 is 0 Å². The molecule has 1 atom stereocenters. The average molecular weight is 158 g/mol. The fourth-order valence-electron chi connectivity index (χ4n) is 0.600. The van der Waals surface area contributed by atoms with Crippen molar-refractivity contribution in [3.05, 3.63) is 12.2 Å². The van der Waals surface area contributed by atoms with Crippen LogP contribution in [0.1, 0.15) is 20.3 Å². The van der Waals surface area contributed by atoms with Gasteiger partial charge in [0.2, 0.25) is 0 Å². The molecule has 0 aliphatic rings. The second-order valence-electron chi connectivity index (χ2n) is 2.07. The van der Waals surface area contributed by atoms with Crippen molar-refractivity contribution in [2.75, 3.05) is 6.61 Å². The first-order chi connectivity index (χ1) is 5.22. The molecule has 0 aromatic heterocycles. The third-order valence-electron chi connectivity index (χ3n) is 1.15. The van der Waals surface area contributed by atoms with Crippen LogP contribution >= 0.6 is 0 Å². The van der Waals surface area contributed by atoms with Gasteiger partial charge in [-0.15, -0.1) is 0 Å². The lowest BCUT2D eigenvalue weighted by Crippen LogP contribution is -2.22. The van der Waals surface area contributed by atoms with Gasteiger partial charge in [-0.3, -0.25) is 0 Å². The van der Waals surface area contributed by atoms with Crippen LogP contribution < -0.4 is 0 Å². The van der Waals surface area contributed by atoms with Crippen LogP contribution in [0.15, 0.2) is 12.2 Å². The van der Waals surface area contributed by atoms with Crippen molar-refractivity contribution in [3.8, 4) is 0 Å². The van der Waals surface area contributed by atoms with Crippen molar-refractivity contribution in [3.63, 3.8) is 0 Å². The third-order valence-corrected chi connectivity index (χ3v) is 1.15. The minimum Gasteiger partial charge on any atom is -0.464 e. The Balaban J connectivity index is 3.63. The zero-order chi connectivity index (χ0) is 8.69. The number of carbonyl (C=O) groups excluding carboxylic acids is 1. The van der Waals surface area contributed by atoms with Crippen LogP contribution in [0.4, 0.5) is 0 Å². The van der Waals surface area contributed by atoms with Crippen molar-refractivity contribution < 1.29 is 14.6 Å². The molecule has 0 fully saturated rings. The fraction of sp³-hybridized carbons (Fsp3) is 0.625. The second kappa shape index (κ2) is 5.92. The largest absolute Gasteiger partial charge is 0.464 e. The summed E-state index contributed by atoms with van der Waals surface area (Å²) in [5.41, 5.74) is 0. The minimum absolute atomic E-state index is 0.311. The molecule has 64 valence electrons. The molecule has 0 heterocycles. The van der Waals surface area contributed by atoms with Crippen LogP contribution in [0, 0.1) is 0 Å². The Bertz CT molecular complexity index is 140. The summed E-state index contributed by atoms with van der Waals surface area (Å²) in [6.45, 7) is 3.85. The molecule has 1 N–H and O–H groups in total. The van der Waals surface area contributed by atoms with Gasteiger partial charge in [-0.1, -0.05) is 12.2 Å². The van der Waals surface area contributed by atoms with Crippen LogP contribution in [0.2, 0.25) is 0 Å². The molecule has 0 saturated heterocycles. The lowest BCUT2D eigenvalue weighted by molar-refractivity contribution is -0.152. The number of allylic oxidation sites excluding steroid dienone is 1. The summed E-state index contributed by atoms with van der Waals surface area (Å²) < 4.78 is 4.58. The molecule has 0 aliphatic heterocycles. The van der Waals surface area contributed by atoms with Crippen LogP contribution in [0.5, 0.6) is 0 Å². The van der Waals surface area contributed by atoms with Gasteiger partial charge in [0.25, 0.3) is 0 Å². The highest BCUT2D eigenvalue weighted by Gasteiger charge is 2.13. The zero-order valence-electron chi connectivity index (χ0n) is 6.91. The van der Waals surface area contributed by atoms with Gasteiger partial charge in [0, 0.05) is 6.42 Å². The van der Waals surface area contributed by atoms with E-state index in [1.807, 2.05) is 6.92 Å². The van der Waals surface area contributed by atoms with Crippen molar-refractivity contribution >= 4 is 5.97 Å². The van der Waals surface area contributed by atoms with Crippen molar-refractivity contribution in [2.45, 2.75) is 26.4 Å². The molecule has 0 aliphatic carbocycles. The lowest BCUT2D eigenvalue weighted by atomic mass is 10.2. The number of ether oxygens (including phenoxy) is 1. The van der Waals surface area contributed by atoms with E-state index in [1.165, 1.54) is 0 Å². The number of rotatable bonds is 4. The van der Waals surface area contributed by atoms with Gasteiger partial charge in [-0.05, 0) is 13.8 Å². The van der Waals surface area contributed by atoms with E-state index in [9.17, 15) is 4.79 Å². The lowest BCUT2D eigenvalue weighted by Gasteiger charge is -2.05. The maximum atomic E-state index is 10.7. The summed E-state index contributed by atoms with van der Waals surface area (Å²) in [4.78, 5) is 10.7. The molecule has 0 bridgehead atoms. The Labute approximate surface area is 66.7 Å². The molecule has 0 aromatic carbocycles. The normalized spacial score (nSPS) is 13.4. The molecule has 11 heavy (non-hydrogen) atoms. The molecule has 3 heteroatoms. The van der Waals surface area contributed by atoms with E-state index in [0.717, 1.165) is 0 Å². The summed E-state index contributed by atoms with van der Waals surface area (Å²) in [7, 11) is 0. The fourth-order valence-corrected chi connectivity index (χ4v) is 0.600. The van der Waals surface area contributed by atoms with Gasteiger partial charge in [-0.25, -0.2) is 4.79 Å². The number of aliphatic hydroxyl groups excluding tert-OH is 1. The minimum atomic E-state index is -1.01. The molecule has 3 nitrogen and oxygen atoms in total. The highest BCUT2D eigenvalue weighted by atomic mass is 16.5. The number of hydrogen-bond donors (Lipinski definition) is 1. The summed E-state index contributed by atoms with van der Waals surface area (Å²) in [6, 6.07) is 0. The molecule has 1 unspecified atom stereocenters. The highest BCUT2D eigenvalue weighted by Crippen LogP contribution is 1.95. The number of carbonyl (C=O) groups is 1. The monoisotopic (exact) mass is 158 g/mol. The van der Waals surface area contributed by atoms with Crippen LogP contribution in [-0.4, -0.2) is 23.8 Å². The van der Waals surface area contributed by atoms with Gasteiger partial charge >= 0.3 is 5.97 Å². The molecule has 0 rings (SSSR count). The van der Waals surface area contributed by atoms with Crippen molar-refractivity contribution in [1.82, 2.24) is 0 Å². The highest BCUT2D eigenvalue weighted by molar-refractivity contribution is 5.74. The SMILES string of the molecule is CC=CCC(O)C(=O)OCC. The predicted octanol–water partition coefficient (Wildman–Crippen LogP) is 0.877. The molecule has 0 radical (unpaired) electrons. The number of hydrogen-bond acceptors (Lipinski definition) is 3. The molecular formula is C8H14O3. The standard InChI is InChI=1S/C8H14O3/c1-3-5-6-7(9)8(10)11-4-2/h3,5,7,9H,4,6H2,1-2H3. The van der Waals surface area contributed by atoms with Gasteiger partial charge < -0.3 is 9.84 Å². The van der Waals surface area contributed by atoms with E-state index in [-0.39, 0.29) is 0 Å². The zero-order valence-corrected chi connectivity index (χ0v) is 6.91. The molecule has 0 saturated carbocycles. The predicted molar refractivity (Wildman–Crippen MR) is 42.1 cm³/mol. The smallest absolute Gasteiger partial charge is 0.335 e. The average Bonchev–Trinajstić information content (AvgIpc) is 2.00. The summed E-state index contributed by atoms with van der Waals surface area (Å²) in [5.74, 6) is -0.550. The van der Waals surface area contributed by atoms with Gasteiger partial charge in [0.1, 0.15) is 0 Å². The van der Waals surface area contributed by atoms with Crippen LogP contribution in [-0.2, 0) is 9.53 Å². The molecular weight excluding hydrogens is 144 g/mol. The van der Waals surface area contributed by atoms with Gasteiger partial charge in [0.05, 0.1) is 6.61 Å². The molecule has 0 aromatic rings. The maximum Gasteiger partial charge on any atom is 0.335 e. The Morgan fingerprint density at radius 1 is 1.73 bits per heavy atom. The first kappa shape index (κ1) is 10.2. The number of aliphatic hydroxyl groups is 1. The summed E-state index contributed by atoms with van der Waals surface area (Å²) >= 11 is 0. The quantitative estimate of drug-likeness (QED) is 0.488. The number of esters is 1. The van der Waals surface area contributed by atoms with Crippen LogP contribution in [0.25, 0.3) is 0 Å². The maximum absolute atomic E-state index is 10.7. The first-order valence-corrected chi connectivity index (χ1v) is 3.68. The Hall–Kier alpha value is -0.830. The third kappa shape index (κ3) is 4.56. The van der Waals surface area contributed by atoms with Crippen LogP contribution in [0.3, 0.4) is 0 Å². The van der Waals surface area contributed by atoms with E-state index < -0.39 is 12.1 Å². The first-order valence-electron chi connectivity index (χ1n) is 3.68. The Morgan fingerprint density at radius 3 is 2.82 bits per heavy atom. The van der Waals surface area contributed by atoms with E-state index in [1.54, 1.807) is 19.1 Å². The Kier molecular flexibility index (Phi) is 5.47. The van der Waals surface area contributed by atoms with E-state index in [4.69, 9.17) is 5.11 Å². The summed E-state index contributed by atoms with van der Waals surface area (Å²) in [6.07, 6.45) is 2.82. The van der Waals surface area contributed by atoms with E-state index in [2.05, 4.69) is 4.74 Å². The Morgan fingerprint density at radius 2 is 2.36 bits per heavy atom. The topological polar surface area (TPSA) is 46.5 Å². The molecule has 0 amide bonds. The van der Waals surface area contributed by atoms with Crippen molar-refractivity contribution in [2.24, 2.45) is 0 Å². The second-order valence-corrected chi connectivity index (χ2v) is 2.07. The molecule has 0 spiro atoms. The summed E-state index contributed by atoms with van der Waals surface area (Å²) in [5, 5.41) is 9.05. The van der Waals surface area contributed by atoms with Gasteiger partial charge in [-0.2, -0.15) is 0 Å². The van der Waals surface area contributed by atoms with Gasteiger partial charge in [0.15, 0.2) is 6.10 Å². The van der Waals surface area contributed by atoms with Crippen molar-refractivity contribution in [1.29, 1.82) is 0 Å².